The summed E-state index contributed by atoms with van der Waals surface area (Å²) >= 11 is 11.4. The fourth-order valence-corrected chi connectivity index (χ4v) is 2.27. The van der Waals surface area contributed by atoms with Crippen LogP contribution in [0.3, 0.4) is 0 Å². The Balaban J connectivity index is 2.63. The van der Waals surface area contributed by atoms with Gasteiger partial charge in [0, 0.05) is 0 Å². The summed E-state index contributed by atoms with van der Waals surface area (Å²) in [5, 5.41) is -0.395. The molecule has 1 unspecified atom stereocenters. The fraction of sp³-hybridized carbons (Fsp3) is 0.273. The molecule has 0 spiro atoms. The van der Waals surface area contributed by atoms with Gasteiger partial charge in [-0.05, 0) is 12.5 Å². The molecule has 0 aromatic carbocycles. The minimum atomic E-state index is -0.553. The van der Waals surface area contributed by atoms with Crippen LogP contribution in [-0.2, 0) is 14.3 Å². The number of hydrogen-bond donors (Lipinski definition) is 0. The van der Waals surface area contributed by atoms with E-state index in [9.17, 15) is 9.59 Å². The first-order chi connectivity index (χ1) is 7.57. The van der Waals surface area contributed by atoms with Crippen LogP contribution in [0.25, 0.3) is 0 Å². The predicted octanol–water partition coefficient (Wildman–Crippen LogP) is 2.30. The summed E-state index contributed by atoms with van der Waals surface area (Å²) in [5.41, 5.74) is 0.310. The SMILES string of the molecule is COC1=C2C(=O)C(Cl)=C(Cl)C(=O)C2CC=C1. The van der Waals surface area contributed by atoms with Crippen molar-refractivity contribution in [1.29, 1.82) is 0 Å². The molecule has 0 heterocycles. The fourth-order valence-electron chi connectivity index (χ4n) is 1.86. The third-order valence-corrected chi connectivity index (χ3v) is 3.48. The molecule has 5 heteroatoms. The summed E-state index contributed by atoms with van der Waals surface area (Å²) in [4.78, 5) is 23.7. The molecule has 1 atom stereocenters. The van der Waals surface area contributed by atoms with E-state index in [1.807, 2.05) is 0 Å². The lowest BCUT2D eigenvalue weighted by molar-refractivity contribution is -0.121. The number of ketones is 2. The van der Waals surface area contributed by atoms with E-state index in [1.165, 1.54) is 7.11 Å². The lowest BCUT2D eigenvalue weighted by atomic mass is 9.80. The molecule has 2 rings (SSSR count). The van der Waals surface area contributed by atoms with Gasteiger partial charge < -0.3 is 4.74 Å². The maximum Gasteiger partial charge on any atom is 0.206 e. The second kappa shape index (κ2) is 4.07. The van der Waals surface area contributed by atoms with Crippen molar-refractivity contribution < 1.29 is 14.3 Å². The number of ether oxygens (including phenoxy) is 1. The molecule has 0 aromatic rings. The first-order valence-electron chi connectivity index (χ1n) is 4.66. The highest BCUT2D eigenvalue weighted by molar-refractivity contribution is 6.57. The zero-order valence-corrected chi connectivity index (χ0v) is 9.93. The van der Waals surface area contributed by atoms with Crippen LogP contribution in [0.1, 0.15) is 6.42 Å². The quantitative estimate of drug-likeness (QED) is 0.725. The minimum absolute atomic E-state index is 0.175. The molecule has 0 amide bonds. The molecular weight excluding hydrogens is 251 g/mol. The van der Waals surface area contributed by atoms with Crippen LogP contribution >= 0.6 is 23.2 Å². The Bertz CT molecular complexity index is 472. The van der Waals surface area contributed by atoms with E-state index in [2.05, 4.69) is 0 Å². The second-order valence-corrected chi connectivity index (χ2v) is 4.25. The van der Waals surface area contributed by atoms with Crippen LogP contribution in [0.2, 0.25) is 0 Å². The number of carbonyl (C=O) groups excluding carboxylic acids is 2. The van der Waals surface area contributed by atoms with Gasteiger partial charge in [-0.15, -0.1) is 0 Å². The molecule has 0 saturated carbocycles. The van der Waals surface area contributed by atoms with E-state index in [0.29, 0.717) is 17.8 Å². The molecule has 0 fully saturated rings. The molecule has 2 aliphatic rings. The van der Waals surface area contributed by atoms with Crippen molar-refractivity contribution in [1.82, 2.24) is 0 Å². The van der Waals surface area contributed by atoms with Gasteiger partial charge in [-0.25, -0.2) is 0 Å². The standard InChI is InChI=1S/C11H8Cl2O3/c1-16-6-4-2-3-5-7(6)11(15)9(13)8(12)10(5)14/h2,4-5H,3H2,1H3. The number of halogens is 2. The summed E-state index contributed by atoms with van der Waals surface area (Å²) in [6.07, 6.45) is 3.90. The minimum Gasteiger partial charge on any atom is -0.496 e. The van der Waals surface area contributed by atoms with Crippen molar-refractivity contribution in [3.8, 4) is 0 Å². The molecule has 16 heavy (non-hydrogen) atoms. The van der Waals surface area contributed by atoms with Gasteiger partial charge in [0.15, 0.2) is 5.78 Å². The van der Waals surface area contributed by atoms with E-state index < -0.39 is 11.7 Å². The highest BCUT2D eigenvalue weighted by Gasteiger charge is 2.40. The van der Waals surface area contributed by atoms with Gasteiger partial charge in [0.25, 0.3) is 0 Å². The second-order valence-electron chi connectivity index (χ2n) is 3.49. The summed E-state index contributed by atoms with van der Waals surface area (Å²) in [7, 11) is 1.45. The van der Waals surface area contributed by atoms with Crippen LogP contribution in [0.15, 0.2) is 33.5 Å². The van der Waals surface area contributed by atoms with Crippen molar-refractivity contribution in [3.05, 3.63) is 33.5 Å². The van der Waals surface area contributed by atoms with Gasteiger partial charge in [0.2, 0.25) is 5.78 Å². The summed E-state index contributed by atoms with van der Waals surface area (Å²) in [6.45, 7) is 0. The van der Waals surface area contributed by atoms with Gasteiger partial charge in [0.05, 0.1) is 18.6 Å². The molecule has 0 radical (unpaired) electrons. The van der Waals surface area contributed by atoms with Gasteiger partial charge in [-0.3, -0.25) is 9.59 Å². The molecule has 0 bridgehead atoms. The Kier molecular flexibility index (Phi) is 2.91. The summed E-state index contributed by atoms with van der Waals surface area (Å²) < 4.78 is 5.06. The summed E-state index contributed by atoms with van der Waals surface area (Å²) in [5.74, 6) is -0.906. The first kappa shape index (κ1) is 11.4. The van der Waals surface area contributed by atoms with Gasteiger partial charge in [-0.1, -0.05) is 29.3 Å². The molecule has 0 saturated heterocycles. The van der Waals surface area contributed by atoms with Crippen LogP contribution in [0, 0.1) is 5.92 Å². The highest BCUT2D eigenvalue weighted by atomic mass is 35.5. The van der Waals surface area contributed by atoms with Crippen LogP contribution in [-0.4, -0.2) is 18.7 Å². The van der Waals surface area contributed by atoms with Gasteiger partial charge >= 0.3 is 0 Å². The molecule has 0 aromatic heterocycles. The molecule has 0 N–H and O–H groups in total. The lowest BCUT2D eigenvalue weighted by Crippen LogP contribution is -2.30. The summed E-state index contributed by atoms with van der Waals surface area (Å²) in [6, 6.07) is 0. The topological polar surface area (TPSA) is 43.4 Å². The van der Waals surface area contributed by atoms with Crippen molar-refractivity contribution in [2.75, 3.05) is 7.11 Å². The number of methoxy groups -OCH3 is 1. The van der Waals surface area contributed by atoms with Crippen molar-refractivity contribution in [2.45, 2.75) is 6.42 Å². The normalized spacial score (nSPS) is 25.1. The maximum atomic E-state index is 11.9. The Morgan fingerprint density at radius 3 is 2.62 bits per heavy atom. The average molecular weight is 259 g/mol. The Hall–Kier alpha value is -1.06. The number of hydrogen-bond acceptors (Lipinski definition) is 3. The van der Waals surface area contributed by atoms with E-state index in [4.69, 9.17) is 27.9 Å². The third-order valence-electron chi connectivity index (χ3n) is 2.64. The third kappa shape index (κ3) is 1.51. The smallest absolute Gasteiger partial charge is 0.206 e. The first-order valence-corrected chi connectivity index (χ1v) is 5.42. The number of allylic oxidation sites excluding steroid dienone is 5. The molecule has 2 aliphatic carbocycles. The highest BCUT2D eigenvalue weighted by Crippen LogP contribution is 2.38. The van der Waals surface area contributed by atoms with Crippen molar-refractivity contribution in [2.24, 2.45) is 5.92 Å². The van der Waals surface area contributed by atoms with E-state index in [0.717, 1.165) is 0 Å². The number of carbonyl (C=O) groups is 2. The number of fused-ring (bicyclic) bond motifs is 1. The molecule has 0 aliphatic heterocycles. The van der Waals surface area contributed by atoms with Crippen LogP contribution in [0.5, 0.6) is 0 Å². The lowest BCUT2D eigenvalue weighted by Gasteiger charge is -2.26. The average Bonchev–Trinajstić information content (AvgIpc) is 2.32. The van der Waals surface area contributed by atoms with E-state index >= 15 is 0 Å². The van der Waals surface area contributed by atoms with Crippen LogP contribution < -0.4 is 0 Å². The largest absolute Gasteiger partial charge is 0.496 e. The van der Waals surface area contributed by atoms with Crippen LogP contribution in [0.4, 0.5) is 0 Å². The van der Waals surface area contributed by atoms with Crippen molar-refractivity contribution >= 4 is 34.8 Å². The Morgan fingerprint density at radius 1 is 1.31 bits per heavy atom. The van der Waals surface area contributed by atoms with E-state index in [1.54, 1.807) is 12.2 Å². The zero-order chi connectivity index (χ0) is 11.9. The predicted molar refractivity (Wildman–Crippen MR) is 60.0 cm³/mol. The van der Waals surface area contributed by atoms with Crippen molar-refractivity contribution in [3.63, 3.8) is 0 Å². The number of rotatable bonds is 1. The molecular formula is C11H8Cl2O3. The van der Waals surface area contributed by atoms with Gasteiger partial charge in [-0.2, -0.15) is 0 Å². The Morgan fingerprint density at radius 2 is 2.00 bits per heavy atom. The van der Waals surface area contributed by atoms with Gasteiger partial charge in [0.1, 0.15) is 15.8 Å². The zero-order valence-electron chi connectivity index (χ0n) is 8.42. The molecule has 84 valence electrons. The molecule has 3 nitrogen and oxygen atoms in total. The monoisotopic (exact) mass is 258 g/mol. The Labute approximate surface area is 102 Å². The maximum absolute atomic E-state index is 11.9. The number of Topliss-reactive ketones (excluding diaryl/α,β-unsaturated/α-hetero) is 2. The van der Waals surface area contributed by atoms with E-state index in [-0.39, 0.29) is 15.8 Å².